The average Bonchev–Trinajstić information content (AvgIpc) is 2.29. The first-order chi connectivity index (χ1) is 7.67. The van der Waals surface area contributed by atoms with Gasteiger partial charge < -0.3 is 10.6 Å². The maximum absolute atomic E-state index is 5.70. The van der Waals surface area contributed by atoms with Crippen LogP contribution in [0.25, 0.3) is 0 Å². The summed E-state index contributed by atoms with van der Waals surface area (Å²) in [7, 11) is 0. The van der Waals surface area contributed by atoms with E-state index < -0.39 is 0 Å². The van der Waals surface area contributed by atoms with Crippen LogP contribution >= 0.6 is 0 Å². The molecule has 3 heteroatoms. The van der Waals surface area contributed by atoms with Gasteiger partial charge in [0.25, 0.3) is 0 Å². The lowest BCUT2D eigenvalue weighted by Gasteiger charge is -2.38. The van der Waals surface area contributed by atoms with Gasteiger partial charge in [-0.3, -0.25) is 4.90 Å². The van der Waals surface area contributed by atoms with E-state index in [1.165, 1.54) is 45.6 Å². The lowest BCUT2D eigenvalue weighted by atomic mass is 10.1. The molecule has 2 N–H and O–H groups in total. The molecule has 0 saturated carbocycles. The summed E-state index contributed by atoms with van der Waals surface area (Å²) >= 11 is 0. The first kappa shape index (κ1) is 13.9. The Morgan fingerprint density at radius 2 is 1.75 bits per heavy atom. The first-order valence-corrected chi connectivity index (χ1v) is 6.83. The standard InChI is InChI=1S/C13H29N3/c1-4-5-12(2)11-15-6-8-16(9-7-15)13(3)10-14/h12-13H,4-11,14H2,1-3H3. The van der Waals surface area contributed by atoms with Gasteiger partial charge in [0.2, 0.25) is 0 Å². The van der Waals surface area contributed by atoms with Crippen molar-refractivity contribution < 1.29 is 0 Å². The van der Waals surface area contributed by atoms with Gasteiger partial charge in [0, 0.05) is 45.3 Å². The number of rotatable bonds is 6. The minimum Gasteiger partial charge on any atom is -0.329 e. The second-order valence-electron chi connectivity index (χ2n) is 5.32. The third kappa shape index (κ3) is 4.40. The monoisotopic (exact) mass is 227 g/mol. The van der Waals surface area contributed by atoms with Crippen molar-refractivity contribution >= 4 is 0 Å². The molecule has 1 saturated heterocycles. The van der Waals surface area contributed by atoms with Gasteiger partial charge in [-0.1, -0.05) is 20.3 Å². The molecule has 16 heavy (non-hydrogen) atoms. The van der Waals surface area contributed by atoms with E-state index >= 15 is 0 Å². The predicted octanol–water partition coefficient (Wildman–Crippen LogP) is 1.39. The van der Waals surface area contributed by atoms with Crippen LogP contribution in [0.3, 0.4) is 0 Å². The summed E-state index contributed by atoms with van der Waals surface area (Å²) in [5.41, 5.74) is 5.70. The van der Waals surface area contributed by atoms with Crippen molar-refractivity contribution in [2.24, 2.45) is 11.7 Å². The fraction of sp³-hybridized carbons (Fsp3) is 1.00. The molecule has 0 spiro atoms. The van der Waals surface area contributed by atoms with Crippen molar-refractivity contribution in [2.75, 3.05) is 39.3 Å². The van der Waals surface area contributed by atoms with E-state index in [0.29, 0.717) is 6.04 Å². The molecule has 0 radical (unpaired) electrons. The largest absolute Gasteiger partial charge is 0.329 e. The van der Waals surface area contributed by atoms with Crippen LogP contribution in [0, 0.1) is 5.92 Å². The zero-order valence-corrected chi connectivity index (χ0v) is 11.3. The number of nitrogens with two attached hydrogens (primary N) is 1. The molecule has 1 heterocycles. The van der Waals surface area contributed by atoms with Crippen LogP contribution in [0.1, 0.15) is 33.6 Å². The molecule has 0 aromatic rings. The third-order valence-corrected chi connectivity index (χ3v) is 3.72. The quantitative estimate of drug-likeness (QED) is 0.744. The number of hydrogen-bond acceptors (Lipinski definition) is 3. The Kier molecular flexibility index (Phi) is 6.32. The number of piperazine rings is 1. The van der Waals surface area contributed by atoms with Crippen LogP contribution in [0.5, 0.6) is 0 Å². The van der Waals surface area contributed by atoms with Crippen molar-refractivity contribution in [3.63, 3.8) is 0 Å². The summed E-state index contributed by atoms with van der Waals surface area (Å²) in [5, 5.41) is 0. The van der Waals surface area contributed by atoms with Gasteiger partial charge in [-0.15, -0.1) is 0 Å². The van der Waals surface area contributed by atoms with Crippen LogP contribution < -0.4 is 5.73 Å². The highest BCUT2D eigenvalue weighted by molar-refractivity contribution is 4.77. The van der Waals surface area contributed by atoms with Gasteiger partial charge in [0.1, 0.15) is 0 Å². The maximum Gasteiger partial charge on any atom is 0.0191 e. The van der Waals surface area contributed by atoms with E-state index in [4.69, 9.17) is 5.73 Å². The highest BCUT2D eigenvalue weighted by atomic mass is 15.3. The summed E-state index contributed by atoms with van der Waals surface area (Å²) in [6, 6.07) is 0.551. The predicted molar refractivity (Wildman–Crippen MR) is 70.6 cm³/mol. The molecular weight excluding hydrogens is 198 g/mol. The number of hydrogen-bond donors (Lipinski definition) is 1. The normalized spacial score (nSPS) is 23.2. The summed E-state index contributed by atoms with van der Waals surface area (Å²) in [6.07, 6.45) is 2.67. The average molecular weight is 227 g/mol. The summed E-state index contributed by atoms with van der Waals surface area (Å²) in [5.74, 6) is 0.850. The minimum atomic E-state index is 0.551. The Labute approximate surface area is 101 Å². The molecule has 0 aromatic heterocycles. The lowest BCUT2D eigenvalue weighted by molar-refractivity contribution is 0.0945. The van der Waals surface area contributed by atoms with E-state index in [2.05, 4.69) is 30.6 Å². The molecular formula is C13H29N3. The van der Waals surface area contributed by atoms with E-state index in [9.17, 15) is 0 Å². The first-order valence-electron chi connectivity index (χ1n) is 6.83. The molecule has 2 unspecified atom stereocenters. The molecule has 96 valence electrons. The molecule has 0 aromatic carbocycles. The molecule has 0 bridgehead atoms. The summed E-state index contributed by atoms with van der Waals surface area (Å²) < 4.78 is 0. The lowest BCUT2D eigenvalue weighted by Crippen LogP contribution is -2.52. The smallest absolute Gasteiger partial charge is 0.0191 e. The second kappa shape index (κ2) is 7.25. The Hall–Kier alpha value is -0.120. The molecule has 1 aliphatic rings. The SMILES string of the molecule is CCCC(C)CN1CCN(C(C)CN)CC1. The van der Waals surface area contributed by atoms with Crippen molar-refractivity contribution in [2.45, 2.75) is 39.7 Å². The minimum absolute atomic E-state index is 0.551. The van der Waals surface area contributed by atoms with Crippen molar-refractivity contribution in [1.82, 2.24) is 9.80 Å². The van der Waals surface area contributed by atoms with E-state index in [0.717, 1.165) is 12.5 Å². The highest BCUT2D eigenvalue weighted by Gasteiger charge is 2.20. The topological polar surface area (TPSA) is 32.5 Å². The van der Waals surface area contributed by atoms with Gasteiger partial charge >= 0.3 is 0 Å². The second-order valence-corrected chi connectivity index (χ2v) is 5.32. The summed E-state index contributed by atoms with van der Waals surface area (Å²) in [4.78, 5) is 5.13. The Morgan fingerprint density at radius 1 is 1.12 bits per heavy atom. The summed E-state index contributed by atoms with van der Waals surface area (Å²) in [6.45, 7) is 13.8. The molecule has 0 amide bonds. The fourth-order valence-electron chi connectivity index (χ4n) is 2.56. The van der Waals surface area contributed by atoms with Gasteiger partial charge in [-0.05, 0) is 19.3 Å². The van der Waals surface area contributed by atoms with Crippen LogP contribution in [0.4, 0.5) is 0 Å². The Balaban J connectivity index is 2.21. The number of nitrogens with zero attached hydrogens (tertiary/aromatic N) is 2. The van der Waals surface area contributed by atoms with E-state index in [1.54, 1.807) is 0 Å². The molecule has 0 aliphatic carbocycles. The van der Waals surface area contributed by atoms with Crippen molar-refractivity contribution in [3.8, 4) is 0 Å². The van der Waals surface area contributed by atoms with Gasteiger partial charge in [0.05, 0.1) is 0 Å². The van der Waals surface area contributed by atoms with Gasteiger partial charge in [-0.25, -0.2) is 0 Å². The highest BCUT2D eigenvalue weighted by Crippen LogP contribution is 2.11. The van der Waals surface area contributed by atoms with Gasteiger partial charge in [-0.2, -0.15) is 0 Å². The molecule has 2 atom stereocenters. The maximum atomic E-state index is 5.70. The van der Waals surface area contributed by atoms with Crippen molar-refractivity contribution in [1.29, 1.82) is 0 Å². The molecule has 1 rings (SSSR count). The van der Waals surface area contributed by atoms with Crippen LogP contribution in [-0.2, 0) is 0 Å². The molecule has 3 nitrogen and oxygen atoms in total. The zero-order chi connectivity index (χ0) is 12.0. The van der Waals surface area contributed by atoms with E-state index in [-0.39, 0.29) is 0 Å². The van der Waals surface area contributed by atoms with Crippen LogP contribution in [0.15, 0.2) is 0 Å². The fourth-order valence-corrected chi connectivity index (χ4v) is 2.56. The van der Waals surface area contributed by atoms with E-state index in [1.807, 2.05) is 0 Å². The van der Waals surface area contributed by atoms with Crippen molar-refractivity contribution in [3.05, 3.63) is 0 Å². The Morgan fingerprint density at radius 3 is 2.25 bits per heavy atom. The molecule has 1 aliphatic heterocycles. The molecule has 1 fully saturated rings. The zero-order valence-electron chi connectivity index (χ0n) is 11.3. The van der Waals surface area contributed by atoms with Crippen LogP contribution in [0.2, 0.25) is 0 Å². The third-order valence-electron chi connectivity index (χ3n) is 3.72. The van der Waals surface area contributed by atoms with Crippen LogP contribution in [-0.4, -0.2) is 55.1 Å². The van der Waals surface area contributed by atoms with Gasteiger partial charge in [0.15, 0.2) is 0 Å². The Bertz CT molecular complexity index is 176.